The highest BCUT2D eigenvalue weighted by molar-refractivity contribution is 5.90. The molecule has 4 rings (SSSR count). The summed E-state index contributed by atoms with van der Waals surface area (Å²) in [5.41, 5.74) is 8.22. The van der Waals surface area contributed by atoms with Gasteiger partial charge in [-0.25, -0.2) is 13.9 Å². The fraction of sp³-hybridized carbons (Fsp3) is 0.286. The average Bonchev–Trinajstić information content (AvgIpc) is 3.34. The van der Waals surface area contributed by atoms with Crippen LogP contribution in [0.15, 0.2) is 48.7 Å². The van der Waals surface area contributed by atoms with Gasteiger partial charge < -0.3 is 15.2 Å². The fourth-order valence-electron chi connectivity index (χ4n) is 3.35. The summed E-state index contributed by atoms with van der Waals surface area (Å²) < 4.78 is 27.0. The van der Waals surface area contributed by atoms with E-state index in [4.69, 9.17) is 15.2 Å². The number of carbonyl (C=O) groups excluding carboxylic acids is 1. The zero-order valence-corrected chi connectivity index (χ0v) is 16.5. The van der Waals surface area contributed by atoms with E-state index >= 15 is 0 Å². The molecule has 2 heterocycles. The molecule has 30 heavy (non-hydrogen) atoms. The summed E-state index contributed by atoms with van der Waals surface area (Å²) in [5, 5.41) is 7.84. The lowest BCUT2D eigenvalue weighted by atomic mass is 10.0. The predicted octanol–water partition coefficient (Wildman–Crippen LogP) is 2.97. The first-order valence-electron chi connectivity index (χ1n) is 9.67. The van der Waals surface area contributed by atoms with Gasteiger partial charge in [0.1, 0.15) is 11.9 Å². The van der Waals surface area contributed by atoms with Crippen molar-refractivity contribution >= 4 is 11.8 Å². The third kappa shape index (κ3) is 4.11. The van der Waals surface area contributed by atoms with Crippen molar-refractivity contribution in [3.63, 3.8) is 0 Å². The number of aromatic nitrogens is 3. The van der Waals surface area contributed by atoms with Crippen LogP contribution in [0, 0.1) is 5.82 Å². The van der Waals surface area contributed by atoms with Gasteiger partial charge in [0.25, 0.3) is 5.88 Å². The van der Waals surface area contributed by atoms with Gasteiger partial charge in [-0.3, -0.25) is 4.90 Å². The number of anilines is 1. The van der Waals surface area contributed by atoms with Crippen molar-refractivity contribution in [3.05, 3.63) is 60.0 Å². The Labute approximate surface area is 173 Å². The first kappa shape index (κ1) is 19.8. The highest BCUT2D eigenvalue weighted by Gasteiger charge is 2.33. The molecule has 2 N–H and O–H groups in total. The lowest BCUT2D eigenvalue weighted by molar-refractivity contribution is 0.129. The van der Waals surface area contributed by atoms with E-state index in [1.165, 1.54) is 11.0 Å². The molecule has 0 unspecified atom stereocenters. The number of hydrogen-bond donors (Lipinski definition) is 1. The number of rotatable bonds is 7. The third-order valence-corrected chi connectivity index (χ3v) is 4.84. The Kier molecular flexibility index (Phi) is 5.62. The summed E-state index contributed by atoms with van der Waals surface area (Å²) in [6.45, 7) is 3.39. The molecule has 0 spiro atoms. The van der Waals surface area contributed by atoms with Gasteiger partial charge in [0.05, 0.1) is 31.6 Å². The second kappa shape index (κ2) is 8.50. The molecule has 0 saturated carbocycles. The monoisotopic (exact) mass is 411 g/mol. The molecular weight excluding hydrogens is 389 g/mol. The number of amides is 1. The summed E-state index contributed by atoms with van der Waals surface area (Å²) in [7, 11) is 0. The van der Waals surface area contributed by atoms with E-state index in [2.05, 4.69) is 10.3 Å². The summed E-state index contributed by atoms with van der Waals surface area (Å²) in [5.74, 6) is -0.00212. The van der Waals surface area contributed by atoms with E-state index in [1.54, 1.807) is 23.0 Å². The normalized spacial score (nSPS) is 16.0. The highest BCUT2D eigenvalue weighted by atomic mass is 19.1. The summed E-state index contributed by atoms with van der Waals surface area (Å²) in [4.78, 5) is 13.7. The van der Waals surface area contributed by atoms with Gasteiger partial charge in [-0.2, -0.15) is 0 Å². The summed E-state index contributed by atoms with van der Waals surface area (Å²) in [6.07, 6.45) is 0.689. The molecule has 0 radical (unpaired) electrons. The zero-order chi connectivity index (χ0) is 21.1. The molecular formula is C21H22FN5O3. The van der Waals surface area contributed by atoms with Crippen molar-refractivity contribution in [2.24, 2.45) is 5.73 Å². The number of nitrogens with zero attached hydrogens (tertiary/aromatic N) is 4. The van der Waals surface area contributed by atoms with Crippen LogP contribution in [0.2, 0.25) is 0 Å². The van der Waals surface area contributed by atoms with E-state index in [0.29, 0.717) is 36.8 Å². The van der Waals surface area contributed by atoms with E-state index in [1.807, 2.05) is 31.2 Å². The molecule has 1 saturated heterocycles. The van der Waals surface area contributed by atoms with Crippen molar-refractivity contribution in [1.82, 2.24) is 15.0 Å². The summed E-state index contributed by atoms with van der Waals surface area (Å²) in [6, 6.07) is 12.1. The molecule has 1 aromatic heterocycles. The maximum Gasteiger partial charge on any atom is 0.414 e. The number of carbonyl (C=O) groups is 1. The van der Waals surface area contributed by atoms with Crippen LogP contribution in [0.1, 0.15) is 12.5 Å². The van der Waals surface area contributed by atoms with Gasteiger partial charge in [0.2, 0.25) is 0 Å². The number of nitrogens with two attached hydrogens (primary N) is 1. The smallest absolute Gasteiger partial charge is 0.414 e. The minimum atomic E-state index is -0.524. The van der Waals surface area contributed by atoms with Crippen LogP contribution in [0.3, 0.4) is 0 Å². The topological polar surface area (TPSA) is 95.5 Å². The zero-order valence-electron chi connectivity index (χ0n) is 16.5. The van der Waals surface area contributed by atoms with Gasteiger partial charge in [-0.05, 0) is 36.2 Å². The number of ether oxygens (including phenoxy) is 2. The van der Waals surface area contributed by atoms with Gasteiger partial charge >= 0.3 is 6.09 Å². The van der Waals surface area contributed by atoms with Crippen molar-refractivity contribution < 1.29 is 18.7 Å². The fourth-order valence-corrected chi connectivity index (χ4v) is 3.35. The number of halogens is 1. The van der Waals surface area contributed by atoms with Crippen molar-refractivity contribution in [1.29, 1.82) is 0 Å². The van der Waals surface area contributed by atoms with Crippen molar-refractivity contribution in [2.45, 2.75) is 26.1 Å². The number of hydrogen-bond acceptors (Lipinski definition) is 6. The lowest BCUT2D eigenvalue weighted by Gasteiger charge is -2.14. The highest BCUT2D eigenvalue weighted by Crippen LogP contribution is 2.29. The first-order valence-corrected chi connectivity index (χ1v) is 9.67. The molecule has 3 aromatic rings. The first-order chi connectivity index (χ1) is 14.6. The van der Waals surface area contributed by atoms with Crippen molar-refractivity contribution in [2.75, 3.05) is 18.1 Å². The van der Waals surface area contributed by atoms with E-state index < -0.39 is 18.0 Å². The Morgan fingerprint density at radius 3 is 2.77 bits per heavy atom. The predicted molar refractivity (Wildman–Crippen MR) is 109 cm³/mol. The van der Waals surface area contributed by atoms with E-state index in [0.717, 1.165) is 11.1 Å². The maximum atomic E-state index is 14.8. The largest absolute Gasteiger partial charge is 0.476 e. The molecule has 9 heteroatoms. The van der Waals surface area contributed by atoms with Crippen LogP contribution in [0.5, 0.6) is 5.88 Å². The Balaban J connectivity index is 1.46. The second-order valence-corrected chi connectivity index (χ2v) is 6.89. The van der Waals surface area contributed by atoms with Gasteiger partial charge in [0, 0.05) is 12.1 Å². The molecule has 1 atom stereocenters. The molecule has 156 valence electrons. The van der Waals surface area contributed by atoms with Gasteiger partial charge in [0.15, 0.2) is 0 Å². The Morgan fingerprint density at radius 2 is 2.07 bits per heavy atom. The lowest BCUT2D eigenvalue weighted by Crippen LogP contribution is -2.26. The number of benzene rings is 2. The average molecular weight is 411 g/mol. The Morgan fingerprint density at radius 1 is 1.27 bits per heavy atom. The van der Waals surface area contributed by atoms with Crippen LogP contribution >= 0.6 is 0 Å². The molecule has 1 aliphatic heterocycles. The maximum absolute atomic E-state index is 14.8. The van der Waals surface area contributed by atoms with Crippen molar-refractivity contribution in [3.8, 4) is 17.0 Å². The SMILES string of the molecule is CCOc1cn(C[C@H]2CN(c3ccc(-c4ccc(CN)cc4)c(F)c3)C(=O)O2)nn1. The van der Waals surface area contributed by atoms with Crippen LogP contribution in [-0.2, 0) is 17.8 Å². The minimum absolute atomic E-state index is 0.284. The Bertz CT molecular complexity index is 1040. The van der Waals surface area contributed by atoms with E-state index in [9.17, 15) is 9.18 Å². The van der Waals surface area contributed by atoms with Crippen LogP contribution < -0.4 is 15.4 Å². The molecule has 1 aliphatic rings. The quantitative estimate of drug-likeness (QED) is 0.642. The molecule has 0 bridgehead atoms. The molecule has 2 aromatic carbocycles. The van der Waals surface area contributed by atoms with Gasteiger partial charge in [-0.1, -0.05) is 34.6 Å². The number of cyclic esters (lactones) is 1. The van der Waals surface area contributed by atoms with Gasteiger partial charge in [-0.15, -0.1) is 0 Å². The molecule has 0 aliphatic carbocycles. The molecule has 1 fully saturated rings. The van der Waals surface area contributed by atoms with E-state index in [-0.39, 0.29) is 6.54 Å². The molecule has 1 amide bonds. The summed E-state index contributed by atoms with van der Waals surface area (Å²) >= 11 is 0. The van der Waals surface area contributed by atoms with Crippen LogP contribution in [0.25, 0.3) is 11.1 Å². The minimum Gasteiger partial charge on any atom is -0.476 e. The second-order valence-electron chi connectivity index (χ2n) is 6.89. The standard InChI is InChI=1S/C21H22FN5O3/c1-2-29-20-13-26(25-24-20)11-17-12-27(21(28)30-17)16-7-8-18(19(22)9-16)15-5-3-14(10-23)4-6-15/h3-9,13,17H,2,10-12,23H2,1H3/t17-/m0/s1. The molecule has 8 nitrogen and oxygen atoms in total. The van der Waals surface area contributed by atoms with Crippen LogP contribution in [0.4, 0.5) is 14.9 Å². The third-order valence-electron chi connectivity index (χ3n) is 4.84. The van der Waals surface area contributed by atoms with Crippen LogP contribution in [-0.4, -0.2) is 40.3 Å². The Hall–Kier alpha value is -3.46.